The van der Waals surface area contributed by atoms with Crippen LogP contribution in [0.3, 0.4) is 0 Å². The first-order valence-corrected chi connectivity index (χ1v) is 20.9. The van der Waals surface area contributed by atoms with Crippen LogP contribution in [0.1, 0.15) is 0 Å². The molecule has 2 heterocycles. The van der Waals surface area contributed by atoms with Crippen LogP contribution in [0, 0.1) is 0 Å². The predicted octanol–water partition coefficient (Wildman–Crippen LogP) is 14.8. The van der Waals surface area contributed by atoms with E-state index in [4.69, 9.17) is 15.0 Å². The minimum absolute atomic E-state index is 0.550. The van der Waals surface area contributed by atoms with Gasteiger partial charge in [0.2, 0.25) is 5.95 Å². The molecule has 0 bridgehead atoms. The fourth-order valence-corrected chi connectivity index (χ4v) is 8.38. The lowest BCUT2D eigenvalue weighted by atomic mass is 10.00. The second-order valence-electron chi connectivity index (χ2n) is 15.3. The van der Waals surface area contributed by atoms with Crippen LogP contribution in [0.25, 0.3) is 83.9 Å². The van der Waals surface area contributed by atoms with Gasteiger partial charge in [0.05, 0.1) is 11.0 Å². The van der Waals surface area contributed by atoms with E-state index in [1.54, 1.807) is 0 Å². The molecule has 0 amide bonds. The Morgan fingerprint density at radius 2 is 0.629 bits per heavy atom. The lowest BCUT2D eigenvalue weighted by Crippen LogP contribution is -2.10. The first-order valence-electron chi connectivity index (χ1n) is 20.9. The summed E-state index contributed by atoms with van der Waals surface area (Å²) in [5.41, 5.74) is 14.0. The minimum atomic E-state index is 0.550. The quantitative estimate of drug-likeness (QED) is 0.146. The SMILES string of the molecule is c1ccc(-c2ccc(-c3ccc(N(c4ccccc4)c4ccc5c6ccc(-c7ccccc7)cc6n(-c6nc(-c7ccccc7)nc(-c7ccccc7)n6)c5c4)cc3)cc2)cc1. The molecule has 0 aliphatic heterocycles. The molecule has 5 heteroatoms. The highest BCUT2D eigenvalue weighted by Gasteiger charge is 2.21. The molecule has 9 aromatic carbocycles. The third kappa shape index (κ3) is 6.97. The Bertz CT molecular complexity index is 3240. The van der Waals surface area contributed by atoms with E-state index in [1.807, 2.05) is 60.7 Å². The Morgan fingerprint density at radius 3 is 1.15 bits per heavy atom. The minimum Gasteiger partial charge on any atom is -0.310 e. The Hall–Kier alpha value is -8.41. The molecular weight excluding hydrogens is 755 g/mol. The summed E-state index contributed by atoms with van der Waals surface area (Å²) in [6, 6.07) is 83.0. The molecule has 0 fully saturated rings. The molecule has 62 heavy (non-hydrogen) atoms. The predicted molar refractivity (Wildman–Crippen MR) is 256 cm³/mol. The monoisotopic (exact) mass is 793 g/mol. The van der Waals surface area contributed by atoms with E-state index >= 15 is 0 Å². The van der Waals surface area contributed by atoms with Gasteiger partial charge in [-0.25, -0.2) is 4.98 Å². The van der Waals surface area contributed by atoms with Gasteiger partial charge < -0.3 is 4.90 Å². The number of hydrogen-bond donors (Lipinski definition) is 0. The molecule has 0 atom stereocenters. The van der Waals surface area contributed by atoms with Crippen LogP contribution < -0.4 is 4.90 Å². The van der Waals surface area contributed by atoms with Crippen LogP contribution in [0.5, 0.6) is 0 Å². The summed E-state index contributed by atoms with van der Waals surface area (Å²) in [5, 5.41) is 2.22. The van der Waals surface area contributed by atoms with Gasteiger partial charge in [0, 0.05) is 39.0 Å². The Balaban J connectivity index is 1.09. The van der Waals surface area contributed by atoms with Crippen LogP contribution in [0.2, 0.25) is 0 Å². The summed E-state index contributed by atoms with van der Waals surface area (Å²) in [6.45, 7) is 0. The molecule has 11 rings (SSSR count). The fourth-order valence-electron chi connectivity index (χ4n) is 8.38. The van der Waals surface area contributed by atoms with Crippen molar-refractivity contribution >= 4 is 38.9 Å². The van der Waals surface area contributed by atoms with Crippen molar-refractivity contribution < 1.29 is 0 Å². The zero-order valence-corrected chi connectivity index (χ0v) is 33.8. The van der Waals surface area contributed by atoms with E-state index in [1.165, 1.54) is 16.7 Å². The van der Waals surface area contributed by atoms with E-state index in [9.17, 15) is 0 Å². The standard InChI is InChI=1S/C57H39N5/c1-6-16-40(17-7-1)42-26-28-43(29-27-42)44-30-33-49(34-31-44)61(48-24-14-5-15-25-48)50-35-37-52-51-36-32-47(41-18-8-2-9-19-41)38-53(51)62(54(52)39-50)57-59-55(45-20-10-3-11-21-45)58-56(60-57)46-22-12-4-13-23-46/h1-39H. The zero-order valence-electron chi connectivity index (χ0n) is 33.8. The lowest BCUT2D eigenvalue weighted by Gasteiger charge is -2.26. The van der Waals surface area contributed by atoms with Crippen molar-refractivity contribution in [1.82, 2.24) is 19.5 Å². The molecule has 0 N–H and O–H groups in total. The molecule has 0 saturated heterocycles. The van der Waals surface area contributed by atoms with Crippen molar-refractivity contribution in [2.24, 2.45) is 0 Å². The van der Waals surface area contributed by atoms with E-state index in [-0.39, 0.29) is 0 Å². The van der Waals surface area contributed by atoms with Crippen LogP contribution in [0.4, 0.5) is 17.1 Å². The number of anilines is 3. The van der Waals surface area contributed by atoms with Gasteiger partial charge in [0.15, 0.2) is 11.6 Å². The average molecular weight is 794 g/mol. The number of nitrogens with zero attached hydrogens (tertiary/aromatic N) is 5. The normalized spacial score (nSPS) is 11.2. The maximum atomic E-state index is 5.25. The van der Waals surface area contributed by atoms with Gasteiger partial charge in [0.25, 0.3) is 0 Å². The smallest absolute Gasteiger partial charge is 0.238 e. The first-order chi connectivity index (χ1) is 30.7. The van der Waals surface area contributed by atoms with Crippen molar-refractivity contribution in [3.8, 4) is 62.1 Å². The van der Waals surface area contributed by atoms with Gasteiger partial charge in [0.1, 0.15) is 0 Å². The van der Waals surface area contributed by atoms with Gasteiger partial charge in [-0.2, -0.15) is 9.97 Å². The van der Waals surface area contributed by atoms with Gasteiger partial charge >= 0.3 is 0 Å². The highest BCUT2D eigenvalue weighted by atomic mass is 15.2. The van der Waals surface area contributed by atoms with Crippen LogP contribution in [-0.2, 0) is 0 Å². The van der Waals surface area contributed by atoms with Crippen molar-refractivity contribution in [1.29, 1.82) is 0 Å². The van der Waals surface area contributed by atoms with Crippen molar-refractivity contribution in [3.05, 3.63) is 237 Å². The third-order valence-electron chi connectivity index (χ3n) is 11.5. The van der Waals surface area contributed by atoms with Gasteiger partial charge in [-0.05, 0) is 75.8 Å². The third-order valence-corrected chi connectivity index (χ3v) is 11.5. The molecule has 2 aromatic heterocycles. The summed E-state index contributed by atoms with van der Waals surface area (Å²) in [6.07, 6.45) is 0. The van der Waals surface area contributed by atoms with Crippen LogP contribution in [-0.4, -0.2) is 19.5 Å². The maximum Gasteiger partial charge on any atom is 0.238 e. The average Bonchev–Trinajstić information content (AvgIpc) is 3.68. The van der Waals surface area contributed by atoms with E-state index in [0.29, 0.717) is 17.6 Å². The number of fused-ring (bicyclic) bond motifs is 3. The molecule has 0 unspecified atom stereocenters. The number of para-hydroxylation sites is 1. The van der Waals surface area contributed by atoms with E-state index < -0.39 is 0 Å². The Morgan fingerprint density at radius 1 is 0.274 bits per heavy atom. The summed E-state index contributed by atoms with van der Waals surface area (Å²) < 4.78 is 2.21. The molecule has 0 radical (unpaired) electrons. The Labute approximate surface area is 360 Å². The number of hydrogen-bond acceptors (Lipinski definition) is 4. The Kier molecular flexibility index (Phi) is 9.45. The molecule has 0 saturated carbocycles. The molecular formula is C57H39N5. The lowest BCUT2D eigenvalue weighted by molar-refractivity contribution is 0.953. The van der Waals surface area contributed by atoms with E-state index in [0.717, 1.165) is 66.7 Å². The highest BCUT2D eigenvalue weighted by molar-refractivity contribution is 6.11. The summed E-state index contributed by atoms with van der Waals surface area (Å²) >= 11 is 0. The van der Waals surface area contributed by atoms with Crippen LogP contribution >= 0.6 is 0 Å². The molecule has 0 spiro atoms. The molecule has 11 aromatic rings. The van der Waals surface area contributed by atoms with Gasteiger partial charge in [-0.3, -0.25) is 4.57 Å². The van der Waals surface area contributed by atoms with Gasteiger partial charge in [-0.15, -0.1) is 0 Å². The topological polar surface area (TPSA) is 46.8 Å². The number of rotatable bonds is 9. The second-order valence-corrected chi connectivity index (χ2v) is 15.3. The fraction of sp³-hybridized carbons (Fsp3) is 0. The van der Waals surface area contributed by atoms with Crippen LogP contribution in [0.15, 0.2) is 237 Å². The first kappa shape index (κ1) is 36.7. The molecule has 0 aliphatic carbocycles. The van der Waals surface area contributed by atoms with E-state index in [2.05, 4.69) is 185 Å². The zero-order chi connectivity index (χ0) is 41.2. The van der Waals surface area contributed by atoms with Crippen molar-refractivity contribution in [3.63, 3.8) is 0 Å². The van der Waals surface area contributed by atoms with Crippen molar-refractivity contribution in [2.75, 3.05) is 4.90 Å². The number of aromatic nitrogens is 4. The molecule has 292 valence electrons. The highest BCUT2D eigenvalue weighted by Crippen LogP contribution is 2.41. The second kappa shape index (κ2) is 16.0. The molecule has 5 nitrogen and oxygen atoms in total. The van der Waals surface area contributed by atoms with Gasteiger partial charge in [-0.1, -0.05) is 194 Å². The van der Waals surface area contributed by atoms with Crippen molar-refractivity contribution in [2.45, 2.75) is 0 Å². The number of benzene rings is 9. The summed E-state index contributed by atoms with van der Waals surface area (Å²) in [4.78, 5) is 17.9. The molecule has 0 aliphatic rings. The largest absolute Gasteiger partial charge is 0.310 e. The summed E-state index contributed by atoms with van der Waals surface area (Å²) in [5.74, 6) is 1.77. The summed E-state index contributed by atoms with van der Waals surface area (Å²) in [7, 11) is 0. The maximum absolute atomic E-state index is 5.25.